The van der Waals surface area contributed by atoms with Crippen molar-refractivity contribution in [3.8, 4) is 11.3 Å². The van der Waals surface area contributed by atoms with Crippen LogP contribution in [-0.4, -0.2) is 23.1 Å². The summed E-state index contributed by atoms with van der Waals surface area (Å²) in [5, 5.41) is 3.39. The van der Waals surface area contributed by atoms with Crippen molar-refractivity contribution in [1.82, 2.24) is 15.3 Å². The van der Waals surface area contributed by atoms with E-state index in [1.165, 1.54) is 23.2 Å². The summed E-state index contributed by atoms with van der Waals surface area (Å²) in [5.74, 6) is 1.68. The van der Waals surface area contributed by atoms with Crippen molar-refractivity contribution >= 4 is 0 Å². The van der Waals surface area contributed by atoms with E-state index in [9.17, 15) is 0 Å². The molecule has 94 valence electrons. The fourth-order valence-corrected chi connectivity index (χ4v) is 2.56. The van der Waals surface area contributed by atoms with Crippen LogP contribution in [0.3, 0.4) is 0 Å². The highest BCUT2D eigenvalue weighted by Gasteiger charge is 2.21. The van der Waals surface area contributed by atoms with Crippen LogP contribution in [0.4, 0.5) is 0 Å². The monoisotopic (exact) mass is 241 g/mol. The summed E-state index contributed by atoms with van der Waals surface area (Å²) >= 11 is 0. The van der Waals surface area contributed by atoms with E-state index in [0.29, 0.717) is 5.92 Å². The topological polar surface area (TPSA) is 40.7 Å². The van der Waals surface area contributed by atoms with E-state index < -0.39 is 0 Å². The van der Waals surface area contributed by atoms with E-state index >= 15 is 0 Å². The molecule has 2 N–H and O–H groups in total. The lowest BCUT2D eigenvalue weighted by molar-refractivity contribution is 0.713. The van der Waals surface area contributed by atoms with Crippen molar-refractivity contribution in [3.63, 3.8) is 0 Å². The number of nitrogens with one attached hydrogen (secondary N) is 2. The standard InChI is InChI=1S/C15H19N3/c1-10-3-5-12(6-4-10)14-11(2)17-15(18-14)13-7-8-16-9-13/h3-6,13,16H,7-9H2,1-2H3,(H,17,18). The molecule has 0 amide bonds. The zero-order valence-electron chi connectivity index (χ0n) is 11.0. The Morgan fingerprint density at radius 1 is 1.17 bits per heavy atom. The molecule has 0 aliphatic carbocycles. The second kappa shape index (κ2) is 4.58. The number of H-pyrrole nitrogens is 1. The number of hydrogen-bond acceptors (Lipinski definition) is 2. The minimum absolute atomic E-state index is 0.544. The van der Waals surface area contributed by atoms with E-state index in [0.717, 1.165) is 24.6 Å². The molecule has 1 unspecified atom stereocenters. The third-order valence-electron chi connectivity index (χ3n) is 3.68. The van der Waals surface area contributed by atoms with Crippen LogP contribution in [0.15, 0.2) is 24.3 Å². The first-order chi connectivity index (χ1) is 8.74. The summed E-state index contributed by atoms with van der Waals surface area (Å²) in [4.78, 5) is 8.24. The van der Waals surface area contributed by atoms with Gasteiger partial charge < -0.3 is 10.3 Å². The Hall–Kier alpha value is -1.61. The van der Waals surface area contributed by atoms with Crippen molar-refractivity contribution in [2.45, 2.75) is 26.2 Å². The molecular weight excluding hydrogens is 222 g/mol. The Balaban J connectivity index is 1.94. The van der Waals surface area contributed by atoms with Crippen molar-refractivity contribution in [2.75, 3.05) is 13.1 Å². The van der Waals surface area contributed by atoms with Gasteiger partial charge in [-0.3, -0.25) is 0 Å². The summed E-state index contributed by atoms with van der Waals surface area (Å²) < 4.78 is 0. The van der Waals surface area contributed by atoms with Crippen molar-refractivity contribution < 1.29 is 0 Å². The smallest absolute Gasteiger partial charge is 0.111 e. The van der Waals surface area contributed by atoms with Gasteiger partial charge in [0.25, 0.3) is 0 Å². The largest absolute Gasteiger partial charge is 0.345 e. The number of imidazole rings is 1. The number of rotatable bonds is 2. The van der Waals surface area contributed by atoms with Crippen molar-refractivity contribution in [1.29, 1.82) is 0 Å². The Labute approximate surface area is 108 Å². The van der Waals surface area contributed by atoms with Gasteiger partial charge in [0.1, 0.15) is 5.82 Å². The highest BCUT2D eigenvalue weighted by atomic mass is 15.0. The average molecular weight is 241 g/mol. The maximum atomic E-state index is 4.80. The molecule has 18 heavy (non-hydrogen) atoms. The summed E-state index contributed by atoms with van der Waals surface area (Å²) in [5.41, 5.74) is 4.75. The van der Waals surface area contributed by atoms with Crippen LogP contribution in [0.1, 0.15) is 29.4 Å². The first-order valence-corrected chi connectivity index (χ1v) is 6.58. The summed E-state index contributed by atoms with van der Waals surface area (Å²) in [6.07, 6.45) is 1.18. The van der Waals surface area contributed by atoms with Crippen LogP contribution in [0.25, 0.3) is 11.3 Å². The second-order valence-corrected chi connectivity index (χ2v) is 5.15. The molecule has 1 fully saturated rings. The fraction of sp³-hybridized carbons (Fsp3) is 0.400. The molecule has 1 aliphatic rings. The molecule has 1 aromatic heterocycles. The van der Waals surface area contributed by atoms with Crippen molar-refractivity contribution in [2.24, 2.45) is 0 Å². The number of aryl methyl sites for hydroxylation is 2. The Kier molecular flexibility index (Phi) is 2.92. The van der Waals surface area contributed by atoms with E-state index in [2.05, 4.69) is 48.4 Å². The lowest BCUT2D eigenvalue weighted by Crippen LogP contribution is -2.08. The van der Waals surface area contributed by atoms with Gasteiger partial charge in [-0.15, -0.1) is 0 Å². The van der Waals surface area contributed by atoms with E-state index in [1.807, 2.05) is 0 Å². The van der Waals surface area contributed by atoms with Gasteiger partial charge in [-0.1, -0.05) is 29.8 Å². The van der Waals surface area contributed by atoms with E-state index in [1.54, 1.807) is 0 Å². The minimum Gasteiger partial charge on any atom is -0.345 e. The fourth-order valence-electron chi connectivity index (χ4n) is 2.56. The quantitative estimate of drug-likeness (QED) is 0.848. The molecule has 0 saturated carbocycles. The second-order valence-electron chi connectivity index (χ2n) is 5.15. The van der Waals surface area contributed by atoms with Gasteiger partial charge in [-0.25, -0.2) is 4.98 Å². The highest BCUT2D eigenvalue weighted by Crippen LogP contribution is 2.26. The average Bonchev–Trinajstić information content (AvgIpc) is 2.99. The number of benzene rings is 1. The van der Waals surface area contributed by atoms with Crippen LogP contribution in [0.5, 0.6) is 0 Å². The van der Waals surface area contributed by atoms with Gasteiger partial charge in [0.2, 0.25) is 0 Å². The zero-order chi connectivity index (χ0) is 12.5. The van der Waals surface area contributed by atoms with Crippen molar-refractivity contribution in [3.05, 3.63) is 41.3 Å². The van der Waals surface area contributed by atoms with Crippen LogP contribution >= 0.6 is 0 Å². The normalized spacial score (nSPS) is 19.3. The molecule has 2 heterocycles. The van der Waals surface area contributed by atoms with E-state index in [-0.39, 0.29) is 0 Å². The molecule has 3 nitrogen and oxygen atoms in total. The molecule has 0 bridgehead atoms. The molecule has 0 radical (unpaired) electrons. The molecule has 1 aromatic carbocycles. The highest BCUT2D eigenvalue weighted by molar-refractivity contribution is 5.62. The lowest BCUT2D eigenvalue weighted by Gasteiger charge is -2.02. The van der Waals surface area contributed by atoms with Crippen LogP contribution in [0, 0.1) is 13.8 Å². The van der Waals surface area contributed by atoms with Crippen LogP contribution in [0.2, 0.25) is 0 Å². The summed E-state index contributed by atoms with van der Waals surface area (Å²) in [6, 6.07) is 8.57. The third-order valence-corrected chi connectivity index (χ3v) is 3.68. The minimum atomic E-state index is 0.544. The number of hydrogen-bond donors (Lipinski definition) is 2. The van der Waals surface area contributed by atoms with Crippen LogP contribution < -0.4 is 5.32 Å². The summed E-state index contributed by atoms with van der Waals surface area (Å²) in [7, 11) is 0. The van der Waals surface area contributed by atoms with Gasteiger partial charge >= 0.3 is 0 Å². The first kappa shape index (κ1) is 11.5. The maximum absolute atomic E-state index is 4.80. The molecule has 1 aliphatic heterocycles. The predicted octanol–water partition coefficient (Wildman–Crippen LogP) is 2.77. The Bertz CT molecular complexity index is 533. The Morgan fingerprint density at radius 3 is 2.61 bits per heavy atom. The van der Waals surface area contributed by atoms with Gasteiger partial charge in [-0.05, 0) is 26.8 Å². The number of aromatic nitrogens is 2. The zero-order valence-corrected chi connectivity index (χ0v) is 11.0. The molecule has 3 rings (SSSR count). The molecule has 1 saturated heterocycles. The molecule has 0 spiro atoms. The Morgan fingerprint density at radius 2 is 1.94 bits per heavy atom. The predicted molar refractivity (Wildman–Crippen MR) is 73.7 cm³/mol. The van der Waals surface area contributed by atoms with Gasteiger partial charge in [-0.2, -0.15) is 0 Å². The SMILES string of the molecule is Cc1ccc(-c2nc(C3CCNC3)[nH]c2C)cc1. The molecule has 2 aromatic rings. The third kappa shape index (κ3) is 2.06. The molecule has 1 atom stereocenters. The summed E-state index contributed by atoms with van der Waals surface area (Å²) in [6.45, 7) is 6.36. The van der Waals surface area contributed by atoms with Gasteiger partial charge in [0, 0.05) is 23.7 Å². The first-order valence-electron chi connectivity index (χ1n) is 6.58. The molecule has 3 heteroatoms. The molecular formula is C15H19N3. The number of aromatic amines is 1. The number of nitrogens with zero attached hydrogens (tertiary/aromatic N) is 1. The van der Waals surface area contributed by atoms with Gasteiger partial charge in [0.05, 0.1) is 5.69 Å². The lowest BCUT2D eigenvalue weighted by atomic mass is 10.1. The van der Waals surface area contributed by atoms with Crippen LogP contribution in [-0.2, 0) is 0 Å². The van der Waals surface area contributed by atoms with E-state index in [4.69, 9.17) is 4.98 Å². The maximum Gasteiger partial charge on any atom is 0.111 e. The van der Waals surface area contributed by atoms with Gasteiger partial charge in [0.15, 0.2) is 0 Å².